The second-order valence-electron chi connectivity index (χ2n) is 1.64. The summed E-state index contributed by atoms with van der Waals surface area (Å²) in [4.78, 5) is 13.7. The van der Waals surface area contributed by atoms with E-state index in [4.69, 9.17) is 10.8 Å². The van der Waals surface area contributed by atoms with Gasteiger partial charge in [0.2, 0.25) is 5.89 Å². The van der Waals surface area contributed by atoms with Crippen molar-refractivity contribution < 1.29 is 14.3 Å². The highest BCUT2D eigenvalue weighted by Crippen LogP contribution is 1.99. The van der Waals surface area contributed by atoms with Gasteiger partial charge in [-0.05, 0) is 0 Å². The SMILES string of the molecule is CC.NCc1nc(C(=O)O)co1. The van der Waals surface area contributed by atoms with E-state index >= 15 is 0 Å². The van der Waals surface area contributed by atoms with E-state index in [1.807, 2.05) is 13.8 Å². The Morgan fingerprint density at radius 1 is 1.75 bits per heavy atom. The van der Waals surface area contributed by atoms with Crippen LogP contribution < -0.4 is 5.73 Å². The summed E-state index contributed by atoms with van der Waals surface area (Å²) in [6, 6.07) is 0. The monoisotopic (exact) mass is 172 g/mol. The minimum absolute atomic E-state index is 0.111. The zero-order chi connectivity index (χ0) is 9.56. The first-order chi connectivity index (χ1) is 5.74. The van der Waals surface area contributed by atoms with Crippen LogP contribution in [0.2, 0.25) is 0 Å². The number of hydrogen-bond donors (Lipinski definition) is 2. The van der Waals surface area contributed by atoms with E-state index in [1.54, 1.807) is 0 Å². The van der Waals surface area contributed by atoms with E-state index < -0.39 is 5.97 Å². The van der Waals surface area contributed by atoms with Crippen LogP contribution in [0.1, 0.15) is 30.2 Å². The van der Waals surface area contributed by atoms with E-state index in [2.05, 4.69) is 9.40 Å². The maximum absolute atomic E-state index is 10.2. The second-order valence-corrected chi connectivity index (χ2v) is 1.64. The van der Waals surface area contributed by atoms with Gasteiger partial charge in [0.15, 0.2) is 5.69 Å². The third-order valence-corrected chi connectivity index (χ3v) is 0.945. The summed E-state index contributed by atoms with van der Waals surface area (Å²) in [7, 11) is 0. The van der Waals surface area contributed by atoms with Gasteiger partial charge in [0.1, 0.15) is 6.26 Å². The average Bonchev–Trinajstić information content (AvgIpc) is 2.55. The summed E-state index contributed by atoms with van der Waals surface area (Å²) in [6.07, 6.45) is 1.06. The number of hydrogen-bond acceptors (Lipinski definition) is 4. The van der Waals surface area contributed by atoms with Crippen molar-refractivity contribution in [2.75, 3.05) is 0 Å². The second kappa shape index (κ2) is 5.31. The fourth-order valence-electron chi connectivity index (χ4n) is 0.503. The number of carbonyl (C=O) groups is 1. The Morgan fingerprint density at radius 3 is 2.58 bits per heavy atom. The third-order valence-electron chi connectivity index (χ3n) is 0.945. The maximum atomic E-state index is 10.2. The Bertz CT molecular complexity index is 245. The van der Waals surface area contributed by atoms with Gasteiger partial charge in [0, 0.05) is 0 Å². The minimum atomic E-state index is -1.11. The molecular formula is C7H12N2O3. The molecule has 3 N–H and O–H groups in total. The van der Waals surface area contributed by atoms with E-state index in [-0.39, 0.29) is 18.1 Å². The molecule has 1 aromatic rings. The molecule has 1 heterocycles. The molecule has 0 amide bonds. The molecule has 0 atom stereocenters. The van der Waals surface area contributed by atoms with Gasteiger partial charge in [-0.3, -0.25) is 0 Å². The first-order valence-electron chi connectivity index (χ1n) is 3.62. The summed E-state index contributed by atoms with van der Waals surface area (Å²) in [5.74, 6) is -0.874. The highest BCUT2D eigenvalue weighted by molar-refractivity contribution is 5.84. The van der Waals surface area contributed by atoms with Crippen molar-refractivity contribution in [1.29, 1.82) is 0 Å². The standard InChI is InChI=1S/C5H6N2O3.C2H6/c6-1-4-7-3(2-10-4)5(8)9;1-2/h2H,1,6H2,(H,8,9);1-2H3. The molecule has 0 fully saturated rings. The third kappa shape index (κ3) is 2.71. The Morgan fingerprint density at radius 2 is 2.33 bits per heavy atom. The van der Waals surface area contributed by atoms with E-state index in [0.717, 1.165) is 6.26 Å². The summed E-state index contributed by atoms with van der Waals surface area (Å²) < 4.78 is 4.66. The number of oxazole rings is 1. The normalized spacial score (nSPS) is 8.58. The quantitative estimate of drug-likeness (QED) is 0.690. The number of rotatable bonds is 2. The van der Waals surface area contributed by atoms with Crippen molar-refractivity contribution in [3.63, 3.8) is 0 Å². The molecule has 5 nitrogen and oxygen atoms in total. The van der Waals surface area contributed by atoms with E-state index in [0.29, 0.717) is 0 Å². The predicted molar refractivity (Wildman–Crippen MR) is 42.7 cm³/mol. The molecule has 0 aliphatic carbocycles. The molecule has 1 aromatic heterocycles. The molecule has 0 bridgehead atoms. The number of carboxylic acid groups (broad SMARTS) is 1. The number of aromatic carboxylic acids is 1. The molecule has 0 spiro atoms. The smallest absolute Gasteiger partial charge is 0.357 e. The Hall–Kier alpha value is -1.36. The van der Waals surface area contributed by atoms with Crippen LogP contribution in [0.4, 0.5) is 0 Å². The predicted octanol–water partition coefficient (Wildman–Crippen LogP) is 0.858. The lowest BCUT2D eigenvalue weighted by molar-refractivity contribution is 0.0690. The summed E-state index contributed by atoms with van der Waals surface area (Å²) in [5.41, 5.74) is 5.00. The van der Waals surface area contributed by atoms with Crippen molar-refractivity contribution >= 4 is 5.97 Å². The molecule has 1 rings (SSSR count). The van der Waals surface area contributed by atoms with Crippen LogP contribution in [0, 0.1) is 0 Å². The van der Waals surface area contributed by atoms with Gasteiger partial charge < -0.3 is 15.3 Å². The van der Waals surface area contributed by atoms with Gasteiger partial charge in [0.25, 0.3) is 0 Å². The Labute approximate surface area is 70.2 Å². The number of carboxylic acids is 1. The summed E-state index contributed by atoms with van der Waals surface area (Å²) in [6.45, 7) is 4.12. The number of nitrogens with zero attached hydrogens (tertiary/aromatic N) is 1. The zero-order valence-electron chi connectivity index (χ0n) is 7.07. The van der Waals surface area contributed by atoms with Crippen molar-refractivity contribution in [1.82, 2.24) is 4.98 Å². The zero-order valence-corrected chi connectivity index (χ0v) is 7.07. The first-order valence-corrected chi connectivity index (χ1v) is 3.62. The van der Waals surface area contributed by atoms with Gasteiger partial charge >= 0.3 is 5.97 Å². The molecule has 0 aliphatic rings. The average molecular weight is 172 g/mol. The molecule has 12 heavy (non-hydrogen) atoms. The molecule has 0 aliphatic heterocycles. The largest absolute Gasteiger partial charge is 0.476 e. The highest BCUT2D eigenvalue weighted by Gasteiger charge is 2.07. The minimum Gasteiger partial charge on any atom is -0.476 e. The van der Waals surface area contributed by atoms with Crippen LogP contribution in [0.5, 0.6) is 0 Å². The molecule has 0 saturated carbocycles. The van der Waals surface area contributed by atoms with Crippen LogP contribution >= 0.6 is 0 Å². The van der Waals surface area contributed by atoms with Crippen LogP contribution in [0.25, 0.3) is 0 Å². The van der Waals surface area contributed by atoms with Gasteiger partial charge in [0.05, 0.1) is 6.54 Å². The van der Waals surface area contributed by atoms with Crippen molar-refractivity contribution in [2.45, 2.75) is 20.4 Å². The molecule has 68 valence electrons. The lowest BCUT2D eigenvalue weighted by Crippen LogP contribution is -1.99. The van der Waals surface area contributed by atoms with Gasteiger partial charge in [-0.25, -0.2) is 9.78 Å². The Balaban J connectivity index is 0.000000561. The topological polar surface area (TPSA) is 89.3 Å². The van der Waals surface area contributed by atoms with Crippen LogP contribution in [-0.4, -0.2) is 16.1 Å². The van der Waals surface area contributed by atoms with Crippen LogP contribution in [0.15, 0.2) is 10.7 Å². The lowest BCUT2D eigenvalue weighted by Gasteiger charge is -1.80. The molecule has 0 saturated heterocycles. The van der Waals surface area contributed by atoms with Gasteiger partial charge in [-0.15, -0.1) is 0 Å². The maximum Gasteiger partial charge on any atom is 0.357 e. The van der Waals surface area contributed by atoms with Gasteiger partial charge in [-0.2, -0.15) is 0 Å². The fourth-order valence-corrected chi connectivity index (χ4v) is 0.503. The van der Waals surface area contributed by atoms with Crippen LogP contribution in [-0.2, 0) is 6.54 Å². The summed E-state index contributed by atoms with van der Waals surface area (Å²) in [5, 5.41) is 8.33. The molecule has 0 aromatic carbocycles. The van der Waals surface area contributed by atoms with Crippen molar-refractivity contribution in [2.24, 2.45) is 5.73 Å². The van der Waals surface area contributed by atoms with Crippen molar-refractivity contribution in [3.05, 3.63) is 17.8 Å². The number of nitrogens with two attached hydrogens (primary N) is 1. The summed E-state index contributed by atoms with van der Waals surface area (Å²) >= 11 is 0. The first kappa shape index (κ1) is 10.6. The molecule has 0 unspecified atom stereocenters. The molecule has 0 radical (unpaired) electrons. The van der Waals surface area contributed by atoms with Crippen LogP contribution in [0.3, 0.4) is 0 Å². The fraction of sp³-hybridized carbons (Fsp3) is 0.429. The Kier molecular flexibility index (Phi) is 4.71. The molecular weight excluding hydrogens is 160 g/mol. The van der Waals surface area contributed by atoms with Crippen molar-refractivity contribution in [3.8, 4) is 0 Å². The van der Waals surface area contributed by atoms with E-state index in [9.17, 15) is 4.79 Å². The van der Waals surface area contributed by atoms with Gasteiger partial charge in [-0.1, -0.05) is 13.8 Å². The lowest BCUT2D eigenvalue weighted by atomic mass is 10.5. The number of aromatic nitrogens is 1. The van der Waals surface area contributed by atoms with E-state index in [1.165, 1.54) is 0 Å². The highest BCUT2D eigenvalue weighted by atomic mass is 16.4. The molecule has 5 heteroatoms.